The van der Waals surface area contributed by atoms with Gasteiger partial charge in [-0.25, -0.2) is 23.0 Å². The molecule has 0 spiro atoms. The molecule has 3 aromatic rings. The molecule has 0 aliphatic carbocycles. The Morgan fingerprint density at radius 3 is 2.50 bits per heavy atom. The van der Waals surface area contributed by atoms with Gasteiger partial charge in [-0.1, -0.05) is 0 Å². The van der Waals surface area contributed by atoms with Crippen molar-refractivity contribution in [1.82, 2.24) is 15.4 Å². The Labute approximate surface area is 229 Å². The van der Waals surface area contributed by atoms with Crippen LogP contribution in [0.5, 0.6) is 11.5 Å². The van der Waals surface area contributed by atoms with Gasteiger partial charge in [-0.05, 0) is 62.5 Å². The highest BCUT2D eigenvalue weighted by Gasteiger charge is 2.41. The summed E-state index contributed by atoms with van der Waals surface area (Å²) >= 11 is 0. The Morgan fingerprint density at radius 1 is 1.18 bits per heavy atom. The number of fused-ring (bicyclic) bond motifs is 1. The zero-order chi connectivity index (χ0) is 28.9. The molecule has 4 N–H and O–H groups in total. The molecular formula is C28H32F4N4O4. The number of alkyl halides is 1. The van der Waals surface area contributed by atoms with Gasteiger partial charge in [0.1, 0.15) is 24.3 Å². The number of amides is 1. The number of carbonyl (C=O) groups is 1. The molecule has 1 aliphatic heterocycles. The van der Waals surface area contributed by atoms with Crippen molar-refractivity contribution in [3.8, 4) is 11.5 Å². The topological polar surface area (TPSA) is 110 Å². The highest BCUT2D eigenvalue weighted by Crippen LogP contribution is 2.41. The quantitative estimate of drug-likeness (QED) is 0.135. The first-order valence-electron chi connectivity index (χ1n) is 12.9. The molecule has 2 aromatic carbocycles. The lowest BCUT2D eigenvalue weighted by molar-refractivity contribution is -0.143. The average Bonchev–Trinajstić information content (AvgIpc) is 2.97. The van der Waals surface area contributed by atoms with E-state index in [9.17, 15) is 23.2 Å². The van der Waals surface area contributed by atoms with Gasteiger partial charge in [0.25, 0.3) is 0 Å². The van der Waals surface area contributed by atoms with E-state index in [1.807, 2.05) is 4.90 Å². The van der Waals surface area contributed by atoms with Crippen LogP contribution in [0.15, 0.2) is 36.5 Å². The number of carbonyl (C=O) groups excluding carboxylic acids is 1. The van der Waals surface area contributed by atoms with Gasteiger partial charge in [-0.2, -0.15) is 0 Å². The number of aromatic nitrogens is 1. The summed E-state index contributed by atoms with van der Waals surface area (Å²) < 4.78 is 66.5. The van der Waals surface area contributed by atoms with Gasteiger partial charge in [-0.15, -0.1) is 0 Å². The largest absolute Gasteiger partial charge is 0.497 e. The van der Waals surface area contributed by atoms with E-state index in [0.29, 0.717) is 60.3 Å². The van der Waals surface area contributed by atoms with Crippen molar-refractivity contribution >= 4 is 16.8 Å². The van der Waals surface area contributed by atoms with Crippen LogP contribution in [0, 0.1) is 22.9 Å². The van der Waals surface area contributed by atoms with Crippen LogP contribution in [0.1, 0.15) is 43.0 Å². The Balaban J connectivity index is 1.41. The summed E-state index contributed by atoms with van der Waals surface area (Å²) in [5, 5.41) is 10.0. The van der Waals surface area contributed by atoms with E-state index < -0.39 is 34.9 Å². The fraction of sp³-hybridized carbons (Fsp3) is 0.429. The standard InChI is InChI=1S/C28H32F4N4O4/c1-39-18-2-3-24-20(12-18)25(17(15-33)16-34-24)21(29)4-5-28(27(37)35-38)6-8-36(9-7-28)10-11-40-19-13-22(30)26(32)23(31)14-19/h2-3,12-14,16,21,38H,4-11,15,33H2,1H3,(H,35,37). The molecule has 216 valence electrons. The van der Waals surface area contributed by atoms with E-state index in [-0.39, 0.29) is 31.7 Å². The summed E-state index contributed by atoms with van der Waals surface area (Å²) in [7, 11) is 1.52. The molecule has 0 bridgehead atoms. The molecule has 40 heavy (non-hydrogen) atoms. The first kappa shape index (κ1) is 29.5. The number of nitrogens with one attached hydrogen (secondary N) is 1. The molecule has 1 aliphatic rings. The van der Waals surface area contributed by atoms with Crippen molar-refractivity contribution in [2.75, 3.05) is 33.4 Å². The third kappa shape index (κ3) is 6.29. The fourth-order valence-corrected chi connectivity index (χ4v) is 5.26. The Bertz CT molecular complexity index is 1320. The van der Waals surface area contributed by atoms with Gasteiger partial charge >= 0.3 is 0 Å². The molecule has 1 unspecified atom stereocenters. The third-order valence-electron chi connectivity index (χ3n) is 7.64. The summed E-state index contributed by atoms with van der Waals surface area (Å²) in [6.07, 6.45) is 1.00. The van der Waals surface area contributed by atoms with Crippen molar-refractivity contribution in [1.29, 1.82) is 0 Å². The molecule has 4 rings (SSSR count). The molecule has 0 radical (unpaired) electrons. The van der Waals surface area contributed by atoms with Crippen molar-refractivity contribution in [3.05, 3.63) is 65.1 Å². The van der Waals surface area contributed by atoms with Gasteiger partial charge in [0, 0.05) is 42.4 Å². The van der Waals surface area contributed by atoms with Gasteiger partial charge in [-0.3, -0.25) is 19.9 Å². The minimum atomic E-state index is -1.56. The van der Waals surface area contributed by atoms with Crippen LogP contribution in [0.25, 0.3) is 10.9 Å². The van der Waals surface area contributed by atoms with Gasteiger partial charge in [0.2, 0.25) is 5.91 Å². The van der Waals surface area contributed by atoms with Crippen LogP contribution in [-0.4, -0.2) is 54.3 Å². The van der Waals surface area contributed by atoms with E-state index in [2.05, 4.69) is 4.98 Å². The molecule has 1 amide bonds. The van der Waals surface area contributed by atoms with E-state index in [4.69, 9.17) is 15.2 Å². The monoisotopic (exact) mass is 564 g/mol. The number of halogens is 4. The number of nitrogens with two attached hydrogens (primary N) is 1. The second kappa shape index (κ2) is 12.8. The van der Waals surface area contributed by atoms with E-state index >= 15 is 4.39 Å². The van der Waals surface area contributed by atoms with Crippen molar-refractivity contribution in [2.45, 2.75) is 38.4 Å². The number of hydrogen-bond acceptors (Lipinski definition) is 7. The van der Waals surface area contributed by atoms with Crippen LogP contribution >= 0.6 is 0 Å². The molecular weight excluding hydrogens is 532 g/mol. The van der Waals surface area contributed by atoms with Crippen LogP contribution in [-0.2, 0) is 11.3 Å². The summed E-state index contributed by atoms with van der Waals surface area (Å²) in [5.41, 5.74) is 8.21. The maximum absolute atomic E-state index is 15.9. The predicted molar refractivity (Wildman–Crippen MR) is 139 cm³/mol. The van der Waals surface area contributed by atoms with Crippen molar-refractivity contribution in [3.63, 3.8) is 0 Å². The number of hydroxylamine groups is 1. The van der Waals surface area contributed by atoms with Gasteiger partial charge in [0.05, 0.1) is 18.0 Å². The number of pyridine rings is 1. The molecule has 1 saturated heterocycles. The van der Waals surface area contributed by atoms with E-state index in [1.54, 1.807) is 29.9 Å². The number of hydrogen-bond donors (Lipinski definition) is 3. The van der Waals surface area contributed by atoms with Gasteiger partial charge in [0.15, 0.2) is 17.5 Å². The second-order valence-corrected chi connectivity index (χ2v) is 9.90. The highest BCUT2D eigenvalue weighted by atomic mass is 19.2. The smallest absolute Gasteiger partial charge is 0.249 e. The van der Waals surface area contributed by atoms with Crippen LogP contribution < -0.4 is 20.7 Å². The third-order valence-corrected chi connectivity index (χ3v) is 7.64. The molecule has 1 atom stereocenters. The predicted octanol–water partition coefficient (Wildman–Crippen LogP) is 4.58. The lowest BCUT2D eigenvalue weighted by atomic mass is 9.73. The molecule has 1 aromatic heterocycles. The Hall–Kier alpha value is -3.48. The summed E-state index contributed by atoms with van der Waals surface area (Å²) in [6.45, 7) is 1.45. The van der Waals surface area contributed by atoms with Crippen molar-refractivity contribution in [2.24, 2.45) is 11.1 Å². The Morgan fingerprint density at radius 2 is 1.88 bits per heavy atom. The van der Waals surface area contributed by atoms with Crippen LogP contribution in [0.2, 0.25) is 0 Å². The average molecular weight is 565 g/mol. The fourth-order valence-electron chi connectivity index (χ4n) is 5.26. The van der Waals surface area contributed by atoms with Gasteiger partial charge < -0.3 is 15.2 Å². The second-order valence-electron chi connectivity index (χ2n) is 9.90. The molecule has 1 fully saturated rings. The number of ether oxygens (including phenoxy) is 2. The maximum atomic E-state index is 15.9. The molecule has 2 heterocycles. The summed E-state index contributed by atoms with van der Waals surface area (Å²) in [4.78, 5) is 19.1. The normalized spacial score (nSPS) is 16.1. The number of methoxy groups -OCH3 is 1. The first-order chi connectivity index (χ1) is 19.2. The Kier molecular flexibility index (Phi) is 9.44. The zero-order valence-corrected chi connectivity index (χ0v) is 22.1. The van der Waals surface area contributed by atoms with E-state index in [1.165, 1.54) is 7.11 Å². The minimum Gasteiger partial charge on any atom is -0.497 e. The number of benzene rings is 2. The van der Waals surface area contributed by atoms with E-state index in [0.717, 1.165) is 12.1 Å². The first-order valence-corrected chi connectivity index (χ1v) is 12.9. The van der Waals surface area contributed by atoms with Crippen molar-refractivity contribution < 1.29 is 37.0 Å². The number of likely N-dealkylation sites (tertiary alicyclic amines) is 1. The number of rotatable bonds is 11. The minimum absolute atomic E-state index is 0.0154. The number of piperidine rings is 1. The van der Waals surface area contributed by atoms with Crippen LogP contribution in [0.4, 0.5) is 17.6 Å². The number of nitrogens with zero attached hydrogens (tertiary/aromatic N) is 2. The van der Waals surface area contributed by atoms with Crippen LogP contribution in [0.3, 0.4) is 0 Å². The SMILES string of the molecule is COc1ccc2ncc(CN)c(C(F)CCC3(C(=O)NO)CCN(CCOc4cc(F)c(F)c(F)c4)CC3)c2c1. The molecule has 0 saturated carbocycles. The molecule has 12 heteroatoms. The maximum Gasteiger partial charge on any atom is 0.249 e. The lowest BCUT2D eigenvalue weighted by Gasteiger charge is -2.40. The molecule has 8 nitrogen and oxygen atoms in total. The lowest BCUT2D eigenvalue weighted by Crippen LogP contribution is -2.49. The summed E-state index contributed by atoms with van der Waals surface area (Å²) in [6, 6.07) is 6.75. The highest BCUT2D eigenvalue weighted by molar-refractivity contribution is 5.85. The summed E-state index contributed by atoms with van der Waals surface area (Å²) in [5.74, 6) is -4.39. The zero-order valence-electron chi connectivity index (χ0n) is 22.1.